The highest BCUT2D eigenvalue weighted by Crippen LogP contribution is 2.43. The molecular formula is C53H90N2O11PS+. The Bertz CT molecular complexity index is 1600. The van der Waals surface area contributed by atoms with Crippen molar-refractivity contribution in [3.63, 3.8) is 0 Å². The summed E-state index contributed by atoms with van der Waals surface area (Å²) >= 11 is 1.22. The lowest BCUT2D eigenvalue weighted by Crippen LogP contribution is -2.39. The Morgan fingerprint density at radius 2 is 1.22 bits per heavy atom. The summed E-state index contributed by atoms with van der Waals surface area (Å²) in [5, 5.41) is 19.5. The molecule has 13 nitrogen and oxygen atoms in total. The molecule has 68 heavy (non-hydrogen) atoms. The minimum absolute atomic E-state index is 0.0476. The molecule has 0 heterocycles. The van der Waals surface area contributed by atoms with E-state index in [-0.39, 0.29) is 38.0 Å². The SMILES string of the molecule is CCCCC/C=C\C\C=C/C=C/C=C/[C@@H](SC[C@H](N)C(=O)OC[C@H](COP(=O)(O)OCC[N+](C)(C)C)OC(=O)CCCCC/C=C\C/C=C\C/C=C\C/C=C\CCCCC)[C@@H](O)CCCC(=O)O. The zero-order valence-electron chi connectivity index (χ0n) is 42.2. The molecule has 1 unspecified atom stereocenters. The van der Waals surface area contributed by atoms with Crippen LogP contribution in [0.25, 0.3) is 0 Å². The molecule has 0 rings (SSSR count). The molecule has 0 aromatic rings. The number of hydrogen-bond donors (Lipinski definition) is 4. The van der Waals surface area contributed by atoms with E-state index in [1.165, 1.54) is 50.3 Å². The Balaban J connectivity index is 5.21. The predicted octanol–water partition coefficient (Wildman–Crippen LogP) is 11.4. The Hall–Kier alpha value is -3.33. The van der Waals surface area contributed by atoms with E-state index >= 15 is 0 Å². The third kappa shape index (κ3) is 43.9. The van der Waals surface area contributed by atoms with Gasteiger partial charge in [0, 0.05) is 23.8 Å². The van der Waals surface area contributed by atoms with Crippen LogP contribution in [0.2, 0.25) is 0 Å². The molecule has 0 amide bonds. The van der Waals surface area contributed by atoms with E-state index in [1.54, 1.807) is 12.2 Å². The maximum absolute atomic E-state index is 13.1. The van der Waals surface area contributed by atoms with Crippen LogP contribution in [-0.2, 0) is 37.5 Å². The Labute approximate surface area is 415 Å². The van der Waals surface area contributed by atoms with Crippen LogP contribution in [0.5, 0.6) is 0 Å². The van der Waals surface area contributed by atoms with Gasteiger partial charge in [0.05, 0.1) is 33.9 Å². The molecule has 0 aliphatic rings. The van der Waals surface area contributed by atoms with Crippen molar-refractivity contribution in [2.75, 3.05) is 53.3 Å². The summed E-state index contributed by atoms with van der Waals surface area (Å²) in [6.07, 6.45) is 47.8. The lowest BCUT2D eigenvalue weighted by Gasteiger charge is -2.24. The second kappa shape index (κ2) is 43.7. The number of nitrogens with two attached hydrogens (primary N) is 1. The first-order valence-corrected chi connectivity index (χ1v) is 27.4. The van der Waals surface area contributed by atoms with Gasteiger partial charge in [-0.05, 0) is 83.5 Å². The van der Waals surface area contributed by atoms with Crippen LogP contribution < -0.4 is 5.73 Å². The molecule has 0 fully saturated rings. The van der Waals surface area contributed by atoms with Gasteiger partial charge in [-0.1, -0.05) is 143 Å². The number of phosphoric acid groups is 1. The molecule has 5 atom stereocenters. The average molecular weight is 994 g/mol. The van der Waals surface area contributed by atoms with E-state index < -0.39 is 62.4 Å². The molecule has 388 valence electrons. The number of unbranched alkanes of at least 4 members (excludes halogenated alkanes) is 9. The van der Waals surface area contributed by atoms with Gasteiger partial charge in [-0.15, -0.1) is 11.8 Å². The molecule has 0 radical (unpaired) electrons. The fourth-order valence-corrected chi connectivity index (χ4v) is 7.89. The number of phosphoric ester groups is 1. The van der Waals surface area contributed by atoms with Crippen molar-refractivity contribution in [2.45, 2.75) is 166 Å². The Morgan fingerprint density at radius 3 is 1.78 bits per heavy atom. The minimum atomic E-state index is -4.53. The fraction of sp³-hybridized carbons (Fsp3) is 0.642. The van der Waals surface area contributed by atoms with Gasteiger partial charge in [-0.2, -0.15) is 0 Å². The highest BCUT2D eigenvalue weighted by molar-refractivity contribution is 8.00. The second-order valence-electron chi connectivity index (χ2n) is 17.7. The van der Waals surface area contributed by atoms with Crippen LogP contribution in [0.15, 0.2) is 97.2 Å². The highest BCUT2D eigenvalue weighted by Gasteiger charge is 2.28. The molecule has 0 spiro atoms. The third-order valence-corrected chi connectivity index (χ3v) is 12.5. The van der Waals surface area contributed by atoms with Crippen LogP contribution >= 0.6 is 19.6 Å². The number of esters is 2. The maximum Gasteiger partial charge on any atom is 0.472 e. The number of thioether (sulfide) groups is 1. The van der Waals surface area contributed by atoms with E-state index in [4.69, 9.17) is 29.4 Å². The van der Waals surface area contributed by atoms with Gasteiger partial charge in [0.2, 0.25) is 0 Å². The number of likely N-dealkylation sites (N-methyl/N-ethyl adjacent to an activating group) is 1. The molecule has 0 bridgehead atoms. The first kappa shape index (κ1) is 64.7. The van der Waals surface area contributed by atoms with Crippen molar-refractivity contribution in [1.29, 1.82) is 0 Å². The summed E-state index contributed by atoms with van der Waals surface area (Å²) in [5.74, 6) is -2.29. The number of carboxylic acid groups (broad SMARTS) is 1. The van der Waals surface area contributed by atoms with E-state index in [1.807, 2.05) is 45.4 Å². The van der Waals surface area contributed by atoms with E-state index in [2.05, 4.69) is 74.6 Å². The van der Waals surface area contributed by atoms with Crippen LogP contribution in [0.4, 0.5) is 0 Å². The number of aliphatic hydroxyl groups excluding tert-OH is 1. The molecular weight excluding hydrogens is 904 g/mol. The first-order valence-electron chi connectivity index (χ1n) is 24.9. The summed E-state index contributed by atoms with van der Waals surface area (Å²) in [6.45, 7) is 3.73. The van der Waals surface area contributed by atoms with Crippen molar-refractivity contribution in [2.24, 2.45) is 5.73 Å². The lowest BCUT2D eigenvalue weighted by molar-refractivity contribution is -0.870. The smallest absolute Gasteiger partial charge is 0.472 e. The first-order chi connectivity index (χ1) is 32.6. The summed E-state index contributed by atoms with van der Waals surface area (Å²) in [6, 6.07) is -1.14. The normalized spacial score (nSPS) is 15.5. The quantitative estimate of drug-likeness (QED) is 0.0113. The summed E-state index contributed by atoms with van der Waals surface area (Å²) in [7, 11) is 1.18. The number of quaternary nitrogens is 1. The standard InChI is InChI=1S/C53H89N2O11PS/c1-6-8-10-12-14-16-18-20-21-22-23-24-25-26-28-30-32-34-36-41-52(59)66-47(45-65-67(61,62)64-43-42-55(3,4)5)44-63-53(60)48(54)46-68-50(49(56)38-37-40-51(57)58)39-35-33-31-29-27-19-17-15-13-11-9-7-2/h14-17,20-21,23-24,26-29,31,33,35,39,47-50,56H,6-13,18-19,22,25,30,32,34,36-38,40-46,54H2,1-5H3,(H-,57,58,61,62)/p+1/b16-14-,17-15-,21-20-,24-23-,28-26-,29-27-,33-31+,39-35+/t47-,48+,49+,50-/m1/s1. The van der Waals surface area contributed by atoms with Crippen LogP contribution in [0.3, 0.4) is 0 Å². The molecule has 0 aliphatic carbocycles. The number of carboxylic acids is 1. The second-order valence-corrected chi connectivity index (χ2v) is 20.4. The van der Waals surface area contributed by atoms with Gasteiger partial charge in [-0.25, -0.2) is 4.57 Å². The zero-order valence-corrected chi connectivity index (χ0v) is 43.9. The summed E-state index contributed by atoms with van der Waals surface area (Å²) in [5.41, 5.74) is 6.21. The number of aliphatic carboxylic acids is 1. The van der Waals surface area contributed by atoms with Gasteiger partial charge < -0.3 is 34.8 Å². The molecule has 15 heteroatoms. The van der Waals surface area contributed by atoms with Crippen LogP contribution in [0.1, 0.15) is 142 Å². The lowest BCUT2D eigenvalue weighted by atomic mass is 10.1. The fourth-order valence-electron chi connectivity index (χ4n) is 6.03. The van der Waals surface area contributed by atoms with Gasteiger partial charge in [0.1, 0.15) is 25.8 Å². The topological polar surface area (TPSA) is 192 Å². The molecule has 0 aromatic carbocycles. The molecule has 5 N–H and O–H groups in total. The third-order valence-electron chi connectivity index (χ3n) is 10.1. The van der Waals surface area contributed by atoms with Gasteiger partial charge in [0.15, 0.2) is 6.10 Å². The number of rotatable bonds is 44. The molecule has 0 aromatic heterocycles. The number of hydrogen-bond acceptors (Lipinski definition) is 11. The van der Waals surface area contributed by atoms with Crippen molar-refractivity contribution in [3.05, 3.63) is 97.2 Å². The predicted molar refractivity (Wildman–Crippen MR) is 280 cm³/mol. The number of carbonyl (C=O) groups excluding carboxylic acids is 2. The average Bonchev–Trinajstić information content (AvgIpc) is 3.28. The number of aliphatic hydroxyl groups is 1. The highest BCUT2D eigenvalue weighted by atomic mass is 32.2. The van der Waals surface area contributed by atoms with Crippen LogP contribution in [0, 0.1) is 0 Å². The number of allylic oxidation sites excluding steroid dienone is 15. The van der Waals surface area contributed by atoms with Crippen molar-refractivity contribution in [3.8, 4) is 0 Å². The summed E-state index contributed by atoms with van der Waals surface area (Å²) < 4.78 is 34.4. The van der Waals surface area contributed by atoms with E-state index in [9.17, 15) is 28.9 Å². The number of carbonyl (C=O) groups is 3. The maximum atomic E-state index is 13.1. The number of ether oxygens (including phenoxy) is 2. The summed E-state index contributed by atoms with van der Waals surface area (Å²) in [4.78, 5) is 47.3. The van der Waals surface area contributed by atoms with Crippen molar-refractivity contribution >= 4 is 37.5 Å². The molecule has 0 saturated heterocycles. The van der Waals surface area contributed by atoms with Crippen molar-refractivity contribution in [1.82, 2.24) is 0 Å². The largest absolute Gasteiger partial charge is 0.481 e. The Kier molecular flexibility index (Phi) is 41.5. The van der Waals surface area contributed by atoms with E-state index in [0.29, 0.717) is 17.4 Å². The molecule has 0 aliphatic heterocycles. The molecule has 0 saturated carbocycles. The monoisotopic (exact) mass is 994 g/mol. The van der Waals surface area contributed by atoms with Gasteiger partial charge >= 0.3 is 25.7 Å². The van der Waals surface area contributed by atoms with Crippen LogP contribution in [-0.4, -0.2) is 114 Å². The minimum Gasteiger partial charge on any atom is -0.481 e. The van der Waals surface area contributed by atoms with Crippen molar-refractivity contribution < 1.29 is 57.1 Å². The van der Waals surface area contributed by atoms with Gasteiger partial charge in [-0.3, -0.25) is 23.4 Å². The van der Waals surface area contributed by atoms with Gasteiger partial charge in [0.25, 0.3) is 0 Å². The zero-order chi connectivity index (χ0) is 50.6. The van der Waals surface area contributed by atoms with E-state index in [0.717, 1.165) is 57.8 Å². The number of nitrogens with zero attached hydrogens (tertiary/aromatic N) is 1. The Morgan fingerprint density at radius 1 is 0.676 bits per heavy atom.